The molecule has 0 spiro atoms. The number of hydrogen-bond donors (Lipinski definition) is 1. The quantitative estimate of drug-likeness (QED) is 0.916. The molecule has 118 valence electrons. The van der Waals surface area contributed by atoms with Crippen molar-refractivity contribution in [2.75, 3.05) is 19.8 Å². The molecule has 0 aromatic heterocycles. The third-order valence-electron chi connectivity index (χ3n) is 4.17. The molecular formula is C15H15F2NO4. The van der Waals surface area contributed by atoms with Gasteiger partial charge in [0.05, 0.1) is 13.2 Å². The van der Waals surface area contributed by atoms with Gasteiger partial charge in [-0.1, -0.05) is 6.07 Å². The summed E-state index contributed by atoms with van der Waals surface area (Å²) >= 11 is 0. The number of amides is 1. The molecule has 0 bridgehead atoms. The molecule has 1 N–H and O–H groups in total. The Labute approximate surface area is 125 Å². The van der Waals surface area contributed by atoms with Crippen LogP contribution in [0.1, 0.15) is 17.9 Å². The number of carboxylic acid groups (broad SMARTS) is 1. The van der Waals surface area contributed by atoms with E-state index in [9.17, 15) is 18.4 Å². The van der Waals surface area contributed by atoms with E-state index >= 15 is 0 Å². The van der Waals surface area contributed by atoms with Gasteiger partial charge >= 0.3 is 5.97 Å². The summed E-state index contributed by atoms with van der Waals surface area (Å²) in [5.74, 6) is -3.51. The van der Waals surface area contributed by atoms with Crippen molar-refractivity contribution in [2.45, 2.75) is 18.4 Å². The van der Waals surface area contributed by atoms with Gasteiger partial charge in [-0.2, -0.15) is 0 Å². The normalized spacial score (nSPS) is 27.5. The zero-order valence-corrected chi connectivity index (χ0v) is 11.7. The zero-order chi connectivity index (χ0) is 15.9. The SMILES string of the molecule is O=C(O)[C@@H]1COCCN1C(=O)[C@@H]1C[C@H]1c1ccc(F)cc1F. The van der Waals surface area contributed by atoms with Crippen LogP contribution in [0.3, 0.4) is 0 Å². The number of aliphatic carboxylic acids is 1. The number of morpholine rings is 1. The smallest absolute Gasteiger partial charge is 0.328 e. The molecular weight excluding hydrogens is 296 g/mol. The maximum Gasteiger partial charge on any atom is 0.328 e. The summed E-state index contributed by atoms with van der Waals surface area (Å²) in [6, 6.07) is 2.30. The Balaban J connectivity index is 1.73. The Morgan fingerprint density at radius 3 is 2.77 bits per heavy atom. The van der Waals surface area contributed by atoms with Gasteiger partial charge in [-0.3, -0.25) is 4.79 Å². The van der Waals surface area contributed by atoms with Crippen LogP contribution in [0.5, 0.6) is 0 Å². The van der Waals surface area contributed by atoms with E-state index in [1.807, 2.05) is 0 Å². The minimum absolute atomic E-state index is 0.0383. The van der Waals surface area contributed by atoms with E-state index in [0.717, 1.165) is 12.1 Å². The van der Waals surface area contributed by atoms with Gasteiger partial charge in [-0.05, 0) is 24.0 Å². The van der Waals surface area contributed by atoms with Crippen molar-refractivity contribution in [3.63, 3.8) is 0 Å². The van der Waals surface area contributed by atoms with Crippen molar-refractivity contribution in [1.29, 1.82) is 0 Å². The lowest BCUT2D eigenvalue weighted by Gasteiger charge is -2.33. The second-order valence-corrected chi connectivity index (χ2v) is 5.58. The van der Waals surface area contributed by atoms with Crippen LogP contribution < -0.4 is 0 Å². The highest BCUT2D eigenvalue weighted by Gasteiger charge is 2.49. The van der Waals surface area contributed by atoms with Crippen LogP contribution in [-0.2, 0) is 14.3 Å². The van der Waals surface area contributed by atoms with E-state index in [4.69, 9.17) is 9.84 Å². The highest BCUT2D eigenvalue weighted by atomic mass is 19.1. The van der Waals surface area contributed by atoms with Crippen molar-refractivity contribution < 1.29 is 28.2 Å². The first-order valence-corrected chi connectivity index (χ1v) is 7.05. The summed E-state index contributed by atoms with van der Waals surface area (Å²) in [5.41, 5.74) is 0.305. The summed E-state index contributed by atoms with van der Waals surface area (Å²) in [6.45, 7) is 0.464. The monoisotopic (exact) mass is 311 g/mol. The molecule has 7 heteroatoms. The molecule has 0 radical (unpaired) electrons. The van der Waals surface area contributed by atoms with E-state index in [2.05, 4.69) is 0 Å². The maximum absolute atomic E-state index is 13.7. The molecule has 3 atom stereocenters. The number of ether oxygens (including phenoxy) is 1. The van der Waals surface area contributed by atoms with Gasteiger partial charge in [0.15, 0.2) is 6.04 Å². The van der Waals surface area contributed by atoms with Crippen LogP contribution in [0.25, 0.3) is 0 Å². The lowest BCUT2D eigenvalue weighted by atomic mass is 10.1. The topological polar surface area (TPSA) is 66.8 Å². The van der Waals surface area contributed by atoms with E-state index in [0.29, 0.717) is 12.0 Å². The van der Waals surface area contributed by atoms with Crippen LogP contribution in [0.2, 0.25) is 0 Å². The molecule has 22 heavy (non-hydrogen) atoms. The highest BCUT2D eigenvalue weighted by molar-refractivity contribution is 5.88. The Bertz CT molecular complexity index is 622. The Hall–Kier alpha value is -2.02. The van der Waals surface area contributed by atoms with E-state index in [1.165, 1.54) is 11.0 Å². The number of halogens is 2. The van der Waals surface area contributed by atoms with E-state index in [1.54, 1.807) is 0 Å². The average molecular weight is 311 g/mol. The third kappa shape index (κ3) is 2.68. The maximum atomic E-state index is 13.7. The average Bonchev–Trinajstić information content (AvgIpc) is 3.26. The summed E-state index contributed by atoms with van der Waals surface area (Å²) in [4.78, 5) is 24.9. The number of hydrogen-bond acceptors (Lipinski definition) is 3. The first-order valence-electron chi connectivity index (χ1n) is 7.05. The lowest BCUT2D eigenvalue weighted by molar-refractivity contribution is -0.158. The molecule has 1 heterocycles. The Kier molecular flexibility index (Phi) is 3.82. The van der Waals surface area contributed by atoms with Crippen LogP contribution in [0, 0.1) is 17.6 Å². The van der Waals surface area contributed by atoms with E-state index in [-0.39, 0.29) is 31.6 Å². The number of rotatable bonds is 3. The van der Waals surface area contributed by atoms with Crippen molar-refractivity contribution in [2.24, 2.45) is 5.92 Å². The van der Waals surface area contributed by atoms with Gasteiger partial charge in [0, 0.05) is 18.5 Å². The Morgan fingerprint density at radius 1 is 1.32 bits per heavy atom. The van der Waals surface area contributed by atoms with Crippen molar-refractivity contribution in [1.82, 2.24) is 4.90 Å². The molecule has 1 aliphatic carbocycles. The molecule has 1 amide bonds. The summed E-state index contributed by atoms with van der Waals surface area (Å²) in [5, 5.41) is 9.14. The van der Waals surface area contributed by atoms with Gasteiger partial charge in [0.1, 0.15) is 11.6 Å². The number of benzene rings is 1. The van der Waals surface area contributed by atoms with E-state index < -0.39 is 29.6 Å². The number of nitrogens with zero attached hydrogens (tertiary/aromatic N) is 1. The predicted molar refractivity (Wildman–Crippen MR) is 71.2 cm³/mol. The van der Waals surface area contributed by atoms with Gasteiger partial charge in [0.2, 0.25) is 5.91 Å². The molecule has 1 aliphatic heterocycles. The minimum Gasteiger partial charge on any atom is -0.480 e. The standard InChI is InChI=1S/C15H15F2NO4/c16-8-1-2-9(12(17)5-8)10-6-11(10)14(19)18-3-4-22-7-13(18)15(20)21/h1-2,5,10-11,13H,3-4,6-7H2,(H,20,21)/t10-,11+,13-/m0/s1. The van der Waals surface area contributed by atoms with Gasteiger partial charge in [-0.15, -0.1) is 0 Å². The molecule has 5 nitrogen and oxygen atoms in total. The van der Waals surface area contributed by atoms with Crippen LogP contribution in [0.15, 0.2) is 18.2 Å². The minimum atomic E-state index is -1.11. The molecule has 1 saturated carbocycles. The molecule has 1 aromatic carbocycles. The lowest BCUT2D eigenvalue weighted by Crippen LogP contribution is -2.53. The summed E-state index contributed by atoms with van der Waals surface area (Å²) in [7, 11) is 0. The molecule has 3 rings (SSSR count). The van der Waals surface area contributed by atoms with Gasteiger partial charge in [-0.25, -0.2) is 13.6 Å². The second-order valence-electron chi connectivity index (χ2n) is 5.58. The predicted octanol–water partition coefficient (Wildman–Crippen LogP) is 1.38. The largest absolute Gasteiger partial charge is 0.480 e. The number of carbonyl (C=O) groups is 2. The summed E-state index contributed by atoms with van der Waals surface area (Å²) in [6.07, 6.45) is 0.449. The molecule has 0 unspecified atom stereocenters. The first kappa shape index (κ1) is 14.9. The fourth-order valence-corrected chi connectivity index (χ4v) is 2.90. The second kappa shape index (κ2) is 5.64. The van der Waals surface area contributed by atoms with Crippen LogP contribution in [-0.4, -0.2) is 47.7 Å². The highest BCUT2D eigenvalue weighted by Crippen LogP contribution is 2.49. The van der Waals surface area contributed by atoms with Gasteiger partial charge < -0.3 is 14.7 Å². The fraction of sp³-hybridized carbons (Fsp3) is 0.467. The molecule has 1 aromatic rings. The third-order valence-corrected chi connectivity index (χ3v) is 4.17. The molecule has 2 fully saturated rings. The fourth-order valence-electron chi connectivity index (χ4n) is 2.90. The van der Waals surface area contributed by atoms with Crippen molar-refractivity contribution in [3.05, 3.63) is 35.4 Å². The molecule has 1 saturated heterocycles. The zero-order valence-electron chi connectivity index (χ0n) is 11.7. The number of carbonyl (C=O) groups excluding carboxylic acids is 1. The van der Waals surface area contributed by atoms with Crippen molar-refractivity contribution >= 4 is 11.9 Å². The first-order chi connectivity index (χ1) is 10.5. The van der Waals surface area contributed by atoms with Crippen LogP contribution in [0.4, 0.5) is 8.78 Å². The van der Waals surface area contributed by atoms with Crippen molar-refractivity contribution in [3.8, 4) is 0 Å². The Morgan fingerprint density at radius 2 is 2.09 bits per heavy atom. The summed E-state index contributed by atoms with van der Waals surface area (Å²) < 4.78 is 31.8. The number of carboxylic acids is 1. The van der Waals surface area contributed by atoms with Crippen LogP contribution >= 0.6 is 0 Å². The van der Waals surface area contributed by atoms with Gasteiger partial charge in [0.25, 0.3) is 0 Å². The molecule has 2 aliphatic rings.